The first kappa shape index (κ1) is 22.7. The van der Waals surface area contributed by atoms with Crippen LogP contribution in [0.15, 0.2) is 36.4 Å². The van der Waals surface area contributed by atoms with Gasteiger partial charge in [0.15, 0.2) is 0 Å². The average Bonchev–Trinajstić information content (AvgIpc) is 2.77. The molecule has 2 aromatic carbocycles. The molecule has 0 bridgehead atoms. The van der Waals surface area contributed by atoms with Crippen LogP contribution in [0.5, 0.6) is 0 Å². The van der Waals surface area contributed by atoms with Crippen LogP contribution in [-0.4, -0.2) is 31.1 Å². The maximum absolute atomic E-state index is 13.0. The fourth-order valence-electron chi connectivity index (χ4n) is 3.78. The number of carbonyl (C=O) groups is 2. The molecule has 3 rings (SSSR count). The zero-order valence-corrected chi connectivity index (χ0v) is 19.0. The molecule has 1 saturated heterocycles. The molecule has 0 radical (unpaired) electrons. The van der Waals surface area contributed by atoms with Crippen LogP contribution >= 0.6 is 0 Å². The summed E-state index contributed by atoms with van der Waals surface area (Å²) in [6, 6.07) is 11.2. The molecule has 1 atom stereocenters. The van der Waals surface area contributed by atoms with Crippen LogP contribution in [0, 0.1) is 13.8 Å². The van der Waals surface area contributed by atoms with Gasteiger partial charge in [-0.05, 0) is 81.8 Å². The Balaban J connectivity index is 1.81. The Labute approximate surface area is 185 Å². The summed E-state index contributed by atoms with van der Waals surface area (Å²) >= 11 is 0. The first-order valence-electron chi connectivity index (χ1n) is 11.2. The van der Waals surface area contributed by atoms with Crippen molar-refractivity contribution < 1.29 is 9.59 Å². The maximum Gasteiger partial charge on any atom is 0.323 e. The Morgan fingerprint density at radius 3 is 2.48 bits per heavy atom. The lowest BCUT2D eigenvalue weighted by Crippen LogP contribution is -2.35. The van der Waals surface area contributed by atoms with E-state index in [4.69, 9.17) is 0 Å². The van der Waals surface area contributed by atoms with Crippen LogP contribution in [0.4, 0.5) is 21.9 Å². The number of rotatable bonds is 6. The molecule has 0 saturated carbocycles. The summed E-state index contributed by atoms with van der Waals surface area (Å²) in [7, 11) is 0. The molecule has 6 heteroatoms. The van der Waals surface area contributed by atoms with Crippen LogP contribution in [-0.2, 0) is 0 Å². The minimum atomic E-state index is -0.326. The van der Waals surface area contributed by atoms with E-state index in [-0.39, 0.29) is 18.0 Å². The molecule has 2 aromatic rings. The Bertz CT molecular complexity index is 935. The number of carbonyl (C=O) groups excluding carboxylic acids is 2. The SMILES string of the molecule is CC[C@@H](C)NC(=O)c1cc(NC(=O)Nc2cccc(C)c2C)ccc1N1CCCCC1. The smallest absolute Gasteiger partial charge is 0.323 e. The molecular formula is C25H34N4O2. The van der Waals surface area contributed by atoms with E-state index in [2.05, 4.69) is 20.9 Å². The Kier molecular flexibility index (Phi) is 7.55. The number of piperidine rings is 1. The van der Waals surface area contributed by atoms with E-state index in [1.165, 1.54) is 6.42 Å². The van der Waals surface area contributed by atoms with Gasteiger partial charge in [-0.1, -0.05) is 19.1 Å². The summed E-state index contributed by atoms with van der Waals surface area (Å²) in [5.74, 6) is -0.103. The molecule has 1 heterocycles. The van der Waals surface area contributed by atoms with Gasteiger partial charge in [-0.3, -0.25) is 4.79 Å². The van der Waals surface area contributed by atoms with Gasteiger partial charge in [0.05, 0.1) is 5.56 Å². The molecule has 0 spiro atoms. The minimum Gasteiger partial charge on any atom is -0.371 e. The number of nitrogens with zero attached hydrogens (tertiary/aromatic N) is 1. The highest BCUT2D eigenvalue weighted by molar-refractivity contribution is 6.04. The standard InChI is InChI=1S/C25H34N4O2/c1-5-18(3)26-24(30)21-16-20(12-13-23(21)29-14-7-6-8-15-29)27-25(31)28-22-11-9-10-17(2)19(22)4/h9-13,16,18H,5-8,14-15H2,1-4H3,(H,26,30)(H2,27,28,31)/t18-/m1/s1. The van der Waals surface area contributed by atoms with E-state index in [0.717, 1.165) is 54.9 Å². The molecule has 3 amide bonds. The largest absolute Gasteiger partial charge is 0.371 e. The summed E-state index contributed by atoms with van der Waals surface area (Å²) in [5.41, 5.74) is 5.06. The molecule has 166 valence electrons. The monoisotopic (exact) mass is 422 g/mol. The number of nitrogens with one attached hydrogen (secondary N) is 3. The van der Waals surface area contributed by atoms with Crippen molar-refractivity contribution in [2.24, 2.45) is 0 Å². The van der Waals surface area contributed by atoms with Crippen molar-refractivity contribution >= 4 is 29.0 Å². The van der Waals surface area contributed by atoms with Crippen molar-refractivity contribution in [3.05, 3.63) is 53.1 Å². The van der Waals surface area contributed by atoms with Crippen molar-refractivity contribution in [1.82, 2.24) is 5.32 Å². The average molecular weight is 423 g/mol. The number of hydrogen-bond acceptors (Lipinski definition) is 3. The van der Waals surface area contributed by atoms with E-state index in [1.54, 1.807) is 6.07 Å². The fourth-order valence-corrected chi connectivity index (χ4v) is 3.78. The molecule has 1 fully saturated rings. The number of hydrogen-bond donors (Lipinski definition) is 3. The second-order valence-electron chi connectivity index (χ2n) is 8.39. The van der Waals surface area contributed by atoms with E-state index in [9.17, 15) is 9.59 Å². The lowest BCUT2D eigenvalue weighted by molar-refractivity contribution is 0.0939. The maximum atomic E-state index is 13.0. The first-order chi connectivity index (χ1) is 14.9. The summed E-state index contributed by atoms with van der Waals surface area (Å²) < 4.78 is 0. The fraction of sp³-hybridized carbons (Fsp3) is 0.440. The molecule has 0 aromatic heterocycles. The van der Waals surface area contributed by atoms with Gasteiger partial charge < -0.3 is 20.9 Å². The lowest BCUT2D eigenvalue weighted by atomic mass is 10.1. The molecule has 0 unspecified atom stereocenters. The molecule has 3 N–H and O–H groups in total. The Morgan fingerprint density at radius 2 is 1.77 bits per heavy atom. The van der Waals surface area contributed by atoms with Crippen LogP contribution in [0.1, 0.15) is 61.0 Å². The van der Waals surface area contributed by atoms with Gasteiger partial charge in [0.2, 0.25) is 0 Å². The molecule has 6 nitrogen and oxygen atoms in total. The van der Waals surface area contributed by atoms with Crippen molar-refractivity contribution in [2.45, 2.75) is 59.4 Å². The second-order valence-corrected chi connectivity index (χ2v) is 8.39. The van der Waals surface area contributed by atoms with Crippen LogP contribution in [0.3, 0.4) is 0 Å². The summed E-state index contributed by atoms with van der Waals surface area (Å²) in [4.78, 5) is 27.9. The Hall–Kier alpha value is -3.02. The quantitative estimate of drug-likeness (QED) is 0.578. The third-order valence-corrected chi connectivity index (χ3v) is 6.04. The molecule has 1 aliphatic rings. The normalized spacial score (nSPS) is 14.6. The third-order valence-electron chi connectivity index (χ3n) is 6.04. The molecule has 0 aliphatic carbocycles. The Morgan fingerprint density at radius 1 is 1.03 bits per heavy atom. The van der Waals surface area contributed by atoms with Crippen LogP contribution in [0.2, 0.25) is 0 Å². The van der Waals surface area contributed by atoms with Crippen molar-refractivity contribution in [3.8, 4) is 0 Å². The number of amides is 3. The van der Waals surface area contributed by atoms with E-state index in [1.807, 2.05) is 58.0 Å². The minimum absolute atomic E-state index is 0.0888. The third kappa shape index (κ3) is 5.78. The van der Waals surface area contributed by atoms with Crippen molar-refractivity contribution in [3.63, 3.8) is 0 Å². The highest BCUT2D eigenvalue weighted by Gasteiger charge is 2.20. The van der Waals surface area contributed by atoms with Crippen LogP contribution in [0.25, 0.3) is 0 Å². The zero-order chi connectivity index (χ0) is 22.4. The topological polar surface area (TPSA) is 73.5 Å². The van der Waals surface area contributed by atoms with Gasteiger partial charge in [0.25, 0.3) is 5.91 Å². The predicted octanol–water partition coefficient (Wildman–Crippen LogP) is 5.47. The highest BCUT2D eigenvalue weighted by Crippen LogP contribution is 2.28. The predicted molar refractivity (Wildman–Crippen MR) is 128 cm³/mol. The van der Waals surface area contributed by atoms with Gasteiger partial charge >= 0.3 is 6.03 Å². The molecule has 1 aliphatic heterocycles. The second kappa shape index (κ2) is 10.3. The molecular weight excluding hydrogens is 388 g/mol. The van der Waals surface area contributed by atoms with Crippen molar-refractivity contribution in [1.29, 1.82) is 0 Å². The van der Waals surface area contributed by atoms with Crippen molar-refractivity contribution in [2.75, 3.05) is 28.6 Å². The van der Waals surface area contributed by atoms with Gasteiger partial charge in [0.1, 0.15) is 0 Å². The van der Waals surface area contributed by atoms with E-state index >= 15 is 0 Å². The number of anilines is 3. The number of benzene rings is 2. The summed E-state index contributed by atoms with van der Waals surface area (Å²) in [6.07, 6.45) is 4.35. The van der Waals surface area contributed by atoms with Gasteiger partial charge in [-0.2, -0.15) is 0 Å². The zero-order valence-electron chi connectivity index (χ0n) is 19.0. The lowest BCUT2D eigenvalue weighted by Gasteiger charge is -2.31. The first-order valence-corrected chi connectivity index (χ1v) is 11.2. The number of aryl methyl sites for hydroxylation is 1. The van der Waals surface area contributed by atoms with Gasteiger partial charge in [-0.25, -0.2) is 4.79 Å². The van der Waals surface area contributed by atoms with E-state index in [0.29, 0.717) is 11.3 Å². The summed E-state index contributed by atoms with van der Waals surface area (Å²) in [6.45, 7) is 9.94. The van der Waals surface area contributed by atoms with E-state index < -0.39 is 0 Å². The summed E-state index contributed by atoms with van der Waals surface area (Å²) in [5, 5.41) is 8.85. The van der Waals surface area contributed by atoms with Gasteiger partial charge in [-0.15, -0.1) is 0 Å². The number of urea groups is 1. The highest BCUT2D eigenvalue weighted by atomic mass is 16.2. The molecule has 31 heavy (non-hydrogen) atoms. The van der Waals surface area contributed by atoms with Crippen LogP contribution < -0.4 is 20.9 Å². The van der Waals surface area contributed by atoms with Gasteiger partial charge in [0, 0.05) is 36.2 Å².